The SMILES string of the molecule is CC(C)CN1CC[C@@H](Nc2ccc3cnccc3c2)C1. The first-order valence-electron chi connectivity index (χ1n) is 7.53. The Morgan fingerprint density at radius 2 is 2.20 bits per heavy atom. The van der Waals surface area contributed by atoms with E-state index in [9.17, 15) is 0 Å². The van der Waals surface area contributed by atoms with E-state index in [1.165, 1.54) is 36.0 Å². The Balaban J connectivity index is 1.65. The normalized spacial score (nSPS) is 19.9. The van der Waals surface area contributed by atoms with E-state index in [0.29, 0.717) is 6.04 Å². The van der Waals surface area contributed by atoms with E-state index in [1.807, 2.05) is 12.4 Å². The highest BCUT2D eigenvalue weighted by Gasteiger charge is 2.22. The van der Waals surface area contributed by atoms with Gasteiger partial charge in [-0.1, -0.05) is 19.9 Å². The minimum Gasteiger partial charge on any atom is -0.381 e. The summed E-state index contributed by atoms with van der Waals surface area (Å²) in [7, 11) is 0. The van der Waals surface area contributed by atoms with Crippen LogP contribution in [0.3, 0.4) is 0 Å². The van der Waals surface area contributed by atoms with E-state index in [1.54, 1.807) is 0 Å². The Bertz CT molecular complexity index is 579. The highest BCUT2D eigenvalue weighted by Crippen LogP contribution is 2.21. The molecule has 0 saturated carbocycles. The maximum Gasteiger partial charge on any atom is 0.0400 e. The fourth-order valence-corrected chi connectivity index (χ4v) is 3.04. The molecule has 0 bridgehead atoms. The molecule has 3 rings (SSSR count). The molecule has 106 valence electrons. The smallest absolute Gasteiger partial charge is 0.0400 e. The number of benzene rings is 1. The van der Waals surface area contributed by atoms with Gasteiger partial charge < -0.3 is 10.2 Å². The van der Waals surface area contributed by atoms with Gasteiger partial charge in [-0.05, 0) is 35.9 Å². The van der Waals surface area contributed by atoms with Crippen LogP contribution in [-0.4, -0.2) is 35.6 Å². The zero-order chi connectivity index (χ0) is 13.9. The monoisotopic (exact) mass is 269 g/mol. The first-order valence-corrected chi connectivity index (χ1v) is 7.53. The van der Waals surface area contributed by atoms with Gasteiger partial charge in [0, 0.05) is 49.1 Å². The van der Waals surface area contributed by atoms with Gasteiger partial charge in [0.1, 0.15) is 0 Å². The molecule has 3 heteroatoms. The number of aromatic nitrogens is 1. The van der Waals surface area contributed by atoms with Crippen LogP contribution in [0, 0.1) is 5.92 Å². The fourth-order valence-electron chi connectivity index (χ4n) is 3.04. The molecule has 1 aliphatic rings. The van der Waals surface area contributed by atoms with Gasteiger partial charge in [0.05, 0.1) is 0 Å². The second-order valence-corrected chi connectivity index (χ2v) is 6.22. The molecule has 1 aliphatic heterocycles. The summed E-state index contributed by atoms with van der Waals surface area (Å²) in [4.78, 5) is 6.72. The third-order valence-corrected chi connectivity index (χ3v) is 3.91. The van der Waals surface area contributed by atoms with E-state index in [4.69, 9.17) is 0 Å². The molecule has 0 amide bonds. The number of anilines is 1. The molecule has 1 atom stereocenters. The van der Waals surface area contributed by atoms with Crippen LogP contribution in [0.1, 0.15) is 20.3 Å². The molecule has 2 aromatic rings. The van der Waals surface area contributed by atoms with Gasteiger partial charge in [-0.25, -0.2) is 0 Å². The van der Waals surface area contributed by atoms with Gasteiger partial charge >= 0.3 is 0 Å². The molecule has 20 heavy (non-hydrogen) atoms. The largest absolute Gasteiger partial charge is 0.381 e. The molecule has 2 heterocycles. The lowest BCUT2D eigenvalue weighted by atomic mass is 10.1. The summed E-state index contributed by atoms with van der Waals surface area (Å²) in [6, 6.07) is 9.18. The topological polar surface area (TPSA) is 28.2 Å². The summed E-state index contributed by atoms with van der Waals surface area (Å²) in [6.45, 7) is 8.16. The number of nitrogens with zero attached hydrogens (tertiary/aromatic N) is 2. The zero-order valence-electron chi connectivity index (χ0n) is 12.3. The van der Waals surface area contributed by atoms with Crippen LogP contribution in [0.5, 0.6) is 0 Å². The van der Waals surface area contributed by atoms with Crippen LogP contribution in [0.2, 0.25) is 0 Å². The van der Waals surface area contributed by atoms with Crippen molar-refractivity contribution >= 4 is 16.5 Å². The Labute approximate surface area is 121 Å². The van der Waals surface area contributed by atoms with Crippen molar-refractivity contribution in [1.82, 2.24) is 9.88 Å². The van der Waals surface area contributed by atoms with Crippen LogP contribution in [0.4, 0.5) is 5.69 Å². The van der Waals surface area contributed by atoms with E-state index in [2.05, 4.69) is 53.3 Å². The summed E-state index contributed by atoms with van der Waals surface area (Å²) >= 11 is 0. The second kappa shape index (κ2) is 5.80. The van der Waals surface area contributed by atoms with Crippen molar-refractivity contribution in [2.75, 3.05) is 25.0 Å². The maximum absolute atomic E-state index is 4.16. The molecule has 1 aromatic carbocycles. The van der Waals surface area contributed by atoms with Crippen LogP contribution >= 0.6 is 0 Å². The Morgan fingerprint density at radius 1 is 1.30 bits per heavy atom. The predicted octanol–water partition coefficient (Wildman–Crippen LogP) is 3.38. The predicted molar refractivity (Wildman–Crippen MR) is 85.0 cm³/mol. The van der Waals surface area contributed by atoms with Crippen LogP contribution in [0.15, 0.2) is 36.7 Å². The van der Waals surface area contributed by atoms with Crippen molar-refractivity contribution < 1.29 is 0 Å². The third kappa shape index (κ3) is 3.10. The second-order valence-electron chi connectivity index (χ2n) is 6.22. The highest BCUT2D eigenvalue weighted by atomic mass is 15.2. The van der Waals surface area contributed by atoms with Crippen molar-refractivity contribution in [2.24, 2.45) is 5.92 Å². The van der Waals surface area contributed by atoms with Gasteiger partial charge in [0.25, 0.3) is 0 Å². The summed E-state index contributed by atoms with van der Waals surface area (Å²) in [6.07, 6.45) is 5.01. The molecule has 1 aromatic heterocycles. The summed E-state index contributed by atoms with van der Waals surface area (Å²) in [5, 5.41) is 6.13. The summed E-state index contributed by atoms with van der Waals surface area (Å²) in [5.41, 5.74) is 1.22. The number of rotatable bonds is 4. The van der Waals surface area contributed by atoms with Crippen molar-refractivity contribution in [2.45, 2.75) is 26.3 Å². The first-order chi connectivity index (χ1) is 9.70. The lowest BCUT2D eigenvalue weighted by Gasteiger charge is -2.19. The van der Waals surface area contributed by atoms with E-state index >= 15 is 0 Å². The number of fused-ring (bicyclic) bond motifs is 1. The average molecular weight is 269 g/mol. The van der Waals surface area contributed by atoms with E-state index in [0.717, 1.165) is 12.5 Å². The number of nitrogens with one attached hydrogen (secondary N) is 1. The molecule has 0 spiro atoms. The van der Waals surface area contributed by atoms with Crippen molar-refractivity contribution in [3.8, 4) is 0 Å². The zero-order valence-corrected chi connectivity index (χ0v) is 12.3. The molecule has 0 radical (unpaired) electrons. The lowest BCUT2D eigenvalue weighted by molar-refractivity contribution is 0.296. The van der Waals surface area contributed by atoms with Crippen molar-refractivity contribution in [3.63, 3.8) is 0 Å². The van der Waals surface area contributed by atoms with Crippen LogP contribution < -0.4 is 5.32 Å². The Morgan fingerprint density at radius 3 is 3.05 bits per heavy atom. The summed E-state index contributed by atoms with van der Waals surface area (Å²) < 4.78 is 0. The molecular formula is C17H23N3. The van der Waals surface area contributed by atoms with Crippen LogP contribution in [-0.2, 0) is 0 Å². The lowest BCUT2D eigenvalue weighted by Crippen LogP contribution is -2.28. The molecule has 1 fully saturated rings. The standard InChI is InChI=1S/C17H23N3/c1-13(2)11-20-8-6-17(12-20)19-16-4-3-15-10-18-7-5-14(15)9-16/h3-5,7,9-10,13,17,19H,6,8,11-12H2,1-2H3/t17-/m1/s1. The van der Waals surface area contributed by atoms with E-state index in [-0.39, 0.29) is 0 Å². The quantitative estimate of drug-likeness (QED) is 0.922. The Hall–Kier alpha value is -1.61. The molecule has 3 nitrogen and oxygen atoms in total. The van der Waals surface area contributed by atoms with Gasteiger partial charge in [-0.15, -0.1) is 0 Å². The Kier molecular flexibility index (Phi) is 3.88. The number of hydrogen-bond donors (Lipinski definition) is 1. The maximum atomic E-state index is 4.16. The third-order valence-electron chi connectivity index (χ3n) is 3.91. The molecule has 1 N–H and O–H groups in total. The van der Waals surface area contributed by atoms with Crippen molar-refractivity contribution in [3.05, 3.63) is 36.7 Å². The van der Waals surface area contributed by atoms with Crippen molar-refractivity contribution in [1.29, 1.82) is 0 Å². The average Bonchev–Trinajstić information content (AvgIpc) is 2.85. The molecule has 0 unspecified atom stereocenters. The van der Waals surface area contributed by atoms with Gasteiger partial charge in [0.15, 0.2) is 0 Å². The van der Waals surface area contributed by atoms with Gasteiger partial charge in [0.2, 0.25) is 0 Å². The fraction of sp³-hybridized carbons (Fsp3) is 0.471. The first kappa shape index (κ1) is 13.4. The number of hydrogen-bond acceptors (Lipinski definition) is 3. The minimum atomic E-state index is 0.577. The van der Waals surface area contributed by atoms with Gasteiger partial charge in [-0.2, -0.15) is 0 Å². The number of pyridine rings is 1. The number of likely N-dealkylation sites (tertiary alicyclic amines) is 1. The summed E-state index contributed by atoms with van der Waals surface area (Å²) in [5.74, 6) is 0.752. The van der Waals surface area contributed by atoms with E-state index < -0.39 is 0 Å². The van der Waals surface area contributed by atoms with Gasteiger partial charge in [-0.3, -0.25) is 4.98 Å². The molecule has 1 saturated heterocycles. The molecule has 0 aliphatic carbocycles. The highest BCUT2D eigenvalue weighted by molar-refractivity contribution is 5.84. The molecular weight excluding hydrogens is 246 g/mol. The minimum absolute atomic E-state index is 0.577. The van der Waals surface area contributed by atoms with Crippen LogP contribution in [0.25, 0.3) is 10.8 Å².